The third-order valence-corrected chi connectivity index (χ3v) is 5.36. The summed E-state index contributed by atoms with van der Waals surface area (Å²) >= 11 is 0. The van der Waals surface area contributed by atoms with Crippen LogP contribution in [0.1, 0.15) is 36.7 Å². The Morgan fingerprint density at radius 1 is 1.19 bits per heavy atom. The summed E-state index contributed by atoms with van der Waals surface area (Å²) in [6.07, 6.45) is 1.43. The average molecular weight is 388 g/mol. The van der Waals surface area contributed by atoms with E-state index in [1.807, 2.05) is 20.8 Å². The van der Waals surface area contributed by atoms with Gasteiger partial charge in [-0.2, -0.15) is 0 Å². The molecule has 0 unspecified atom stereocenters. The second-order valence-electron chi connectivity index (χ2n) is 7.10. The van der Waals surface area contributed by atoms with Crippen LogP contribution in [0.3, 0.4) is 0 Å². The molecule has 0 atom stereocenters. The number of sulfonamides is 1. The lowest BCUT2D eigenvalue weighted by atomic mass is 9.87. The zero-order chi connectivity index (χ0) is 20.2. The normalized spacial score (nSPS) is 11.8. The average Bonchev–Trinajstić information content (AvgIpc) is 2.61. The van der Waals surface area contributed by atoms with Crippen LogP contribution in [0, 0.1) is 0 Å². The van der Waals surface area contributed by atoms with Gasteiger partial charge in [-0.15, -0.1) is 6.58 Å². The van der Waals surface area contributed by atoms with Gasteiger partial charge in [0, 0.05) is 12.1 Å². The zero-order valence-electron chi connectivity index (χ0n) is 15.6. The first-order chi connectivity index (χ1) is 12.5. The van der Waals surface area contributed by atoms with Gasteiger partial charge < -0.3 is 10.4 Å². The van der Waals surface area contributed by atoms with E-state index in [1.165, 1.54) is 36.4 Å². The maximum atomic E-state index is 12.6. The highest BCUT2D eigenvalue weighted by molar-refractivity contribution is 7.89. The van der Waals surface area contributed by atoms with Crippen molar-refractivity contribution in [2.24, 2.45) is 0 Å². The van der Waals surface area contributed by atoms with E-state index in [0.29, 0.717) is 0 Å². The number of hydrogen-bond acceptors (Lipinski definition) is 4. The SMILES string of the molecule is C=CCNS(=O)(=O)c1cccc(C(=O)Nc2cc(C(C)(C)C)ccc2O)c1. The van der Waals surface area contributed by atoms with Crippen molar-refractivity contribution in [2.75, 3.05) is 11.9 Å². The highest BCUT2D eigenvalue weighted by Crippen LogP contribution is 2.31. The number of phenolic OH excluding ortho intramolecular Hbond substituents is 1. The Hall–Kier alpha value is -2.64. The second-order valence-corrected chi connectivity index (χ2v) is 8.87. The van der Waals surface area contributed by atoms with Crippen LogP contribution >= 0.6 is 0 Å². The Bertz CT molecular complexity index is 960. The van der Waals surface area contributed by atoms with Gasteiger partial charge in [0.05, 0.1) is 10.6 Å². The van der Waals surface area contributed by atoms with E-state index in [1.54, 1.807) is 12.1 Å². The van der Waals surface area contributed by atoms with Gasteiger partial charge in [0.15, 0.2) is 0 Å². The molecule has 0 aliphatic rings. The molecule has 0 fully saturated rings. The van der Waals surface area contributed by atoms with E-state index in [4.69, 9.17) is 0 Å². The lowest BCUT2D eigenvalue weighted by Gasteiger charge is -2.20. The highest BCUT2D eigenvalue weighted by atomic mass is 32.2. The zero-order valence-corrected chi connectivity index (χ0v) is 16.4. The van der Waals surface area contributed by atoms with Crippen molar-refractivity contribution in [1.29, 1.82) is 0 Å². The van der Waals surface area contributed by atoms with Crippen molar-refractivity contribution in [3.8, 4) is 5.75 Å². The summed E-state index contributed by atoms with van der Waals surface area (Å²) in [6.45, 7) is 9.63. The van der Waals surface area contributed by atoms with Gasteiger partial charge >= 0.3 is 0 Å². The number of hydrogen-bond donors (Lipinski definition) is 3. The molecule has 0 aliphatic carbocycles. The molecule has 2 aromatic carbocycles. The summed E-state index contributed by atoms with van der Waals surface area (Å²) in [5, 5.41) is 12.7. The van der Waals surface area contributed by atoms with Gasteiger partial charge in [-0.1, -0.05) is 39.0 Å². The fourth-order valence-electron chi connectivity index (χ4n) is 2.35. The number of rotatable bonds is 6. The van der Waals surface area contributed by atoms with Crippen molar-refractivity contribution in [3.63, 3.8) is 0 Å². The van der Waals surface area contributed by atoms with Crippen molar-refractivity contribution >= 4 is 21.6 Å². The highest BCUT2D eigenvalue weighted by Gasteiger charge is 2.18. The van der Waals surface area contributed by atoms with E-state index >= 15 is 0 Å². The minimum atomic E-state index is -3.74. The summed E-state index contributed by atoms with van der Waals surface area (Å²) in [7, 11) is -3.74. The van der Waals surface area contributed by atoms with Crippen LogP contribution in [-0.4, -0.2) is 26.0 Å². The van der Waals surface area contributed by atoms with Crippen molar-refractivity contribution in [2.45, 2.75) is 31.1 Å². The number of nitrogens with one attached hydrogen (secondary N) is 2. The smallest absolute Gasteiger partial charge is 0.255 e. The topological polar surface area (TPSA) is 95.5 Å². The molecule has 0 aromatic heterocycles. The summed E-state index contributed by atoms with van der Waals surface area (Å²) in [5.74, 6) is -0.579. The van der Waals surface area contributed by atoms with Gasteiger partial charge in [-0.05, 0) is 41.3 Å². The number of carbonyl (C=O) groups excluding carboxylic acids is 1. The van der Waals surface area contributed by atoms with Crippen LogP contribution in [0.2, 0.25) is 0 Å². The van der Waals surface area contributed by atoms with Crippen LogP contribution in [0.4, 0.5) is 5.69 Å². The summed E-state index contributed by atoms with van der Waals surface area (Å²) < 4.78 is 26.8. The first-order valence-electron chi connectivity index (χ1n) is 8.40. The monoisotopic (exact) mass is 388 g/mol. The minimum absolute atomic E-state index is 0.0235. The van der Waals surface area contributed by atoms with Gasteiger partial charge in [0.2, 0.25) is 10.0 Å². The number of benzene rings is 2. The van der Waals surface area contributed by atoms with E-state index < -0.39 is 15.9 Å². The maximum absolute atomic E-state index is 12.6. The Kier molecular flexibility index (Phi) is 6.08. The minimum Gasteiger partial charge on any atom is -0.506 e. The van der Waals surface area contributed by atoms with E-state index in [2.05, 4.69) is 16.6 Å². The molecule has 144 valence electrons. The molecular weight excluding hydrogens is 364 g/mol. The van der Waals surface area contributed by atoms with Crippen LogP contribution < -0.4 is 10.0 Å². The fourth-order valence-corrected chi connectivity index (χ4v) is 3.40. The molecule has 0 heterocycles. The standard InChI is InChI=1S/C20H24N2O4S/c1-5-11-21-27(25,26)16-8-6-7-14(12-16)19(24)22-17-13-15(20(2,3)4)9-10-18(17)23/h5-10,12-13,21,23H,1,11H2,2-4H3,(H,22,24). The van der Waals surface area contributed by atoms with Crippen LogP contribution in [-0.2, 0) is 15.4 Å². The van der Waals surface area contributed by atoms with Crippen molar-refractivity contribution in [1.82, 2.24) is 4.72 Å². The molecule has 0 bridgehead atoms. The molecule has 0 spiro atoms. The number of anilines is 1. The molecule has 7 heteroatoms. The van der Waals surface area contributed by atoms with Gasteiger partial charge in [0.1, 0.15) is 5.75 Å². The van der Waals surface area contributed by atoms with Crippen LogP contribution in [0.15, 0.2) is 60.0 Å². The Morgan fingerprint density at radius 2 is 1.89 bits per heavy atom. The molecule has 2 rings (SSSR count). The fraction of sp³-hybridized carbons (Fsp3) is 0.250. The molecule has 1 amide bonds. The van der Waals surface area contributed by atoms with Crippen LogP contribution in [0.5, 0.6) is 5.75 Å². The lowest BCUT2D eigenvalue weighted by molar-refractivity contribution is 0.102. The first-order valence-corrected chi connectivity index (χ1v) is 9.88. The number of aromatic hydroxyl groups is 1. The Morgan fingerprint density at radius 3 is 2.52 bits per heavy atom. The molecule has 6 nitrogen and oxygen atoms in total. The molecule has 0 saturated carbocycles. The number of phenols is 1. The van der Waals surface area contributed by atoms with Gasteiger partial charge in [-0.3, -0.25) is 4.79 Å². The van der Waals surface area contributed by atoms with Gasteiger partial charge in [-0.25, -0.2) is 13.1 Å². The van der Waals surface area contributed by atoms with E-state index in [-0.39, 0.29) is 33.9 Å². The lowest BCUT2D eigenvalue weighted by Crippen LogP contribution is -2.24. The third kappa shape index (κ3) is 5.18. The summed E-state index contributed by atoms with van der Waals surface area (Å²) in [4.78, 5) is 12.5. The largest absolute Gasteiger partial charge is 0.506 e. The van der Waals surface area contributed by atoms with Crippen molar-refractivity contribution < 1.29 is 18.3 Å². The number of amides is 1. The molecule has 27 heavy (non-hydrogen) atoms. The summed E-state index contributed by atoms with van der Waals surface area (Å²) in [6, 6.07) is 10.7. The second kappa shape index (κ2) is 7.94. The molecule has 0 radical (unpaired) electrons. The van der Waals surface area contributed by atoms with E-state index in [9.17, 15) is 18.3 Å². The quantitative estimate of drug-likeness (QED) is 0.522. The molecule has 3 N–H and O–H groups in total. The Balaban J connectivity index is 2.30. The molecular formula is C20H24N2O4S. The van der Waals surface area contributed by atoms with Crippen molar-refractivity contribution in [3.05, 3.63) is 66.2 Å². The molecule has 0 aliphatic heterocycles. The predicted molar refractivity (Wildman–Crippen MR) is 107 cm³/mol. The van der Waals surface area contributed by atoms with E-state index in [0.717, 1.165) is 5.56 Å². The number of carbonyl (C=O) groups is 1. The molecule has 0 saturated heterocycles. The predicted octanol–water partition coefficient (Wildman–Crippen LogP) is 3.41. The van der Waals surface area contributed by atoms with Crippen LogP contribution in [0.25, 0.3) is 0 Å². The summed E-state index contributed by atoms with van der Waals surface area (Å²) in [5.41, 5.74) is 1.22. The molecule has 2 aromatic rings. The maximum Gasteiger partial charge on any atom is 0.255 e. The first kappa shape index (κ1) is 20.7. The Labute approximate surface area is 160 Å². The van der Waals surface area contributed by atoms with Gasteiger partial charge in [0.25, 0.3) is 5.91 Å². The third-order valence-electron chi connectivity index (χ3n) is 3.93.